The summed E-state index contributed by atoms with van der Waals surface area (Å²) < 4.78 is 5.53. The molecule has 4 rings (SSSR count). The highest BCUT2D eigenvalue weighted by Gasteiger charge is 2.25. The Kier molecular flexibility index (Phi) is 4.70. The predicted octanol–water partition coefficient (Wildman–Crippen LogP) is 3.14. The van der Waals surface area contributed by atoms with Gasteiger partial charge >= 0.3 is 0 Å². The van der Waals surface area contributed by atoms with Gasteiger partial charge in [-0.05, 0) is 51.6 Å². The second kappa shape index (κ2) is 7.12. The van der Waals surface area contributed by atoms with Crippen molar-refractivity contribution in [1.29, 1.82) is 0 Å². The minimum absolute atomic E-state index is 0.450. The molecule has 134 valence electrons. The summed E-state index contributed by atoms with van der Waals surface area (Å²) in [6.45, 7) is 8.44. The first-order chi connectivity index (χ1) is 12.2. The number of nitrogens with one attached hydrogen (secondary N) is 1. The zero-order valence-electron chi connectivity index (χ0n) is 15.2. The number of rotatable bonds is 3. The molecule has 0 amide bonds. The molecule has 25 heavy (non-hydrogen) atoms. The molecular weight excluding hydrogens is 314 g/mol. The van der Waals surface area contributed by atoms with Gasteiger partial charge in [-0.3, -0.25) is 0 Å². The standard InChI is InChI=1S/C19H27N5O/c1-13-4-3-9-24(12-13)19-21-11-16(17-10-14(2)23-25-17)18(22-19)15-5-7-20-8-6-15/h10-11,13,15,20H,3-9,12H2,1-2H3. The van der Waals surface area contributed by atoms with E-state index in [2.05, 4.69) is 27.3 Å². The molecule has 2 aliphatic rings. The highest BCUT2D eigenvalue weighted by atomic mass is 16.5. The van der Waals surface area contributed by atoms with Gasteiger partial charge in [-0.1, -0.05) is 12.1 Å². The molecule has 0 aromatic carbocycles. The number of anilines is 1. The molecular formula is C19H27N5O. The van der Waals surface area contributed by atoms with Gasteiger partial charge < -0.3 is 14.7 Å². The van der Waals surface area contributed by atoms with Gasteiger partial charge in [0, 0.05) is 31.3 Å². The van der Waals surface area contributed by atoms with Crippen LogP contribution in [0.25, 0.3) is 11.3 Å². The number of aryl methyl sites for hydroxylation is 1. The Labute approximate surface area is 149 Å². The molecule has 1 atom stereocenters. The largest absolute Gasteiger partial charge is 0.356 e. The molecule has 4 heterocycles. The number of hydrogen-bond acceptors (Lipinski definition) is 6. The Morgan fingerprint density at radius 2 is 2.08 bits per heavy atom. The summed E-state index contributed by atoms with van der Waals surface area (Å²) in [6.07, 6.45) is 6.67. The molecule has 2 fully saturated rings. The Bertz CT molecular complexity index is 722. The highest BCUT2D eigenvalue weighted by Crippen LogP contribution is 2.34. The van der Waals surface area contributed by atoms with E-state index < -0.39 is 0 Å². The zero-order chi connectivity index (χ0) is 17.2. The zero-order valence-corrected chi connectivity index (χ0v) is 15.2. The van der Waals surface area contributed by atoms with E-state index in [0.29, 0.717) is 11.8 Å². The molecule has 2 aliphatic heterocycles. The van der Waals surface area contributed by atoms with Crippen molar-refractivity contribution >= 4 is 5.95 Å². The number of aromatic nitrogens is 3. The van der Waals surface area contributed by atoms with Crippen LogP contribution >= 0.6 is 0 Å². The Hall–Kier alpha value is -1.95. The lowest BCUT2D eigenvalue weighted by Crippen LogP contribution is -2.36. The van der Waals surface area contributed by atoms with Crippen molar-refractivity contribution in [1.82, 2.24) is 20.4 Å². The average molecular weight is 341 g/mol. The summed E-state index contributed by atoms with van der Waals surface area (Å²) in [7, 11) is 0. The van der Waals surface area contributed by atoms with E-state index in [0.717, 1.165) is 67.7 Å². The SMILES string of the molecule is Cc1cc(-c2cnc(N3CCCC(C)C3)nc2C2CCNCC2)on1. The third-order valence-corrected chi connectivity index (χ3v) is 5.36. The molecule has 1 N–H and O–H groups in total. The van der Waals surface area contributed by atoms with Crippen molar-refractivity contribution < 1.29 is 4.52 Å². The van der Waals surface area contributed by atoms with Crippen LogP contribution in [0.3, 0.4) is 0 Å². The monoisotopic (exact) mass is 341 g/mol. The van der Waals surface area contributed by atoms with Crippen LogP contribution in [0.15, 0.2) is 16.8 Å². The first kappa shape index (κ1) is 16.5. The van der Waals surface area contributed by atoms with Crippen LogP contribution in [0, 0.1) is 12.8 Å². The van der Waals surface area contributed by atoms with E-state index in [1.807, 2.05) is 19.2 Å². The normalized spacial score (nSPS) is 22.3. The molecule has 6 nitrogen and oxygen atoms in total. The molecule has 6 heteroatoms. The van der Waals surface area contributed by atoms with E-state index in [4.69, 9.17) is 9.51 Å². The second-order valence-electron chi connectivity index (χ2n) is 7.52. The molecule has 2 aromatic rings. The fourth-order valence-electron chi connectivity index (χ4n) is 4.00. The van der Waals surface area contributed by atoms with Crippen molar-refractivity contribution in [2.24, 2.45) is 5.92 Å². The first-order valence-corrected chi connectivity index (χ1v) is 9.47. The summed E-state index contributed by atoms with van der Waals surface area (Å²) in [5.74, 6) is 2.81. The molecule has 0 radical (unpaired) electrons. The van der Waals surface area contributed by atoms with E-state index in [9.17, 15) is 0 Å². The molecule has 0 spiro atoms. The van der Waals surface area contributed by atoms with E-state index in [1.54, 1.807) is 0 Å². The van der Waals surface area contributed by atoms with Crippen molar-refractivity contribution in [3.05, 3.63) is 23.7 Å². The Morgan fingerprint density at radius 3 is 2.80 bits per heavy atom. The van der Waals surface area contributed by atoms with Crippen LogP contribution in [0.4, 0.5) is 5.95 Å². The highest BCUT2D eigenvalue weighted by molar-refractivity contribution is 5.61. The lowest BCUT2D eigenvalue weighted by molar-refractivity contribution is 0.421. The fraction of sp³-hybridized carbons (Fsp3) is 0.632. The Morgan fingerprint density at radius 1 is 1.24 bits per heavy atom. The summed E-state index contributed by atoms with van der Waals surface area (Å²) in [5, 5.41) is 7.49. The summed E-state index contributed by atoms with van der Waals surface area (Å²) >= 11 is 0. The molecule has 2 saturated heterocycles. The number of hydrogen-bond donors (Lipinski definition) is 1. The molecule has 2 aromatic heterocycles. The van der Waals surface area contributed by atoms with Gasteiger partial charge in [0.25, 0.3) is 0 Å². The van der Waals surface area contributed by atoms with Gasteiger partial charge in [0.2, 0.25) is 5.95 Å². The predicted molar refractivity (Wildman–Crippen MR) is 97.7 cm³/mol. The average Bonchev–Trinajstić information content (AvgIpc) is 3.08. The lowest BCUT2D eigenvalue weighted by atomic mass is 9.91. The maximum atomic E-state index is 5.53. The summed E-state index contributed by atoms with van der Waals surface area (Å²) in [4.78, 5) is 12.1. The van der Waals surface area contributed by atoms with Gasteiger partial charge in [-0.25, -0.2) is 9.97 Å². The number of piperidine rings is 2. The van der Waals surface area contributed by atoms with Crippen LogP contribution < -0.4 is 10.2 Å². The van der Waals surface area contributed by atoms with Gasteiger partial charge in [0.15, 0.2) is 5.76 Å². The van der Waals surface area contributed by atoms with Crippen LogP contribution in [0.2, 0.25) is 0 Å². The molecule has 1 unspecified atom stereocenters. The van der Waals surface area contributed by atoms with Gasteiger partial charge in [-0.15, -0.1) is 0 Å². The van der Waals surface area contributed by atoms with Crippen molar-refractivity contribution in [3.63, 3.8) is 0 Å². The van der Waals surface area contributed by atoms with Gasteiger partial charge in [0.05, 0.1) is 17.0 Å². The number of nitrogens with zero attached hydrogens (tertiary/aromatic N) is 4. The van der Waals surface area contributed by atoms with E-state index >= 15 is 0 Å². The molecule has 0 aliphatic carbocycles. The van der Waals surface area contributed by atoms with E-state index in [-0.39, 0.29) is 0 Å². The quantitative estimate of drug-likeness (QED) is 0.925. The Balaban J connectivity index is 1.71. The van der Waals surface area contributed by atoms with Crippen molar-refractivity contribution in [3.8, 4) is 11.3 Å². The first-order valence-electron chi connectivity index (χ1n) is 9.47. The second-order valence-corrected chi connectivity index (χ2v) is 7.52. The molecule has 0 bridgehead atoms. The fourth-order valence-corrected chi connectivity index (χ4v) is 4.00. The van der Waals surface area contributed by atoms with Gasteiger partial charge in [0.1, 0.15) is 0 Å². The van der Waals surface area contributed by atoms with Crippen molar-refractivity contribution in [2.75, 3.05) is 31.1 Å². The maximum Gasteiger partial charge on any atom is 0.225 e. The lowest BCUT2D eigenvalue weighted by Gasteiger charge is -2.32. The topological polar surface area (TPSA) is 67.1 Å². The van der Waals surface area contributed by atoms with Gasteiger partial charge in [-0.2, -0.15) is 0 Å². The minimum atomic E-state index is 0.450. The van der Waals surface area contributed by atoms with Crippen LogP contribution in [0.5, 0.6) is 0 Å². The smallest absolute Gasteiger partial charge is 0.225 e. The third-order valence-electron chi connectivity index (χ3n) is 5.36. The maximum absolute atomic E-state index is 5.53. The summed E-state index contributed by atoms with van der Waals surface area (Å²) in [5.41, 5.74) is 3.02. The van der Waals surface area contributed by atoms with Crippen LogP contribution in [-0.2, 0) is 0 Å². The van der Waals surface area contributed by atoms with Crippen LogP contribution in [0.1, 0.15) is 49.9 Å². The summed E-state index contributed by atoms with van der Waals surface area (Å²) in [6, 6.07) is 1.98. The minimum Gasteiger partial charge on any atom is -0.356 e. The van der Waals surface area contributed by atoms with E-state index in [1.165, 1.54) is 12.8 Å². The molecule has 0 saturated carbocycles. The van der Waals surface area contributed by atoms with Crippen LogP contribution in [-0.4, -0.2) is 41.3 Å². The van der Waals surface area contributed by atoms with Crippen molar-refractivity contribution in [2.45, 2.75) is 45.4 Å². The third kappa shape index (κ3) is 3.54.